The molecule has 1 rings (SSSR count). The van der Waals surface area contributed by atoms with Gasteiger partial charge in [0.15, 0.2) is 0 Å². The molecule has 20 heavy (non-hydrogen) atoms. The molecule has 0 radical (unpaired) electrons. The number of hydrogen-bond acceptors (Lipinski definition) is 3. The van der Waals surface area contributed by atoms with E-state index in [-0.39, 0.29) is 23.5 Å². The maximum absolute atomic E-state index is 12.2. The Kier molecular flexibility index (Phi) is 6.96. The van der Waals surface area contributed by atoms with Crippen LogP contribution in [0.2, 0.25) is 0 Å². The van der Waals surface area contributed by atoms with Gasteiger partial charge in [0.1, 0.15) is 0 Å². The summed E-state index contributed by atoms with van der Waals surface area (Å²) >= 11 is 0. The first-order valence-electron chi connectivity index (χ1n) is 8.00. The summed E-state index contributed by atoms with van der Waals surface area (Å²) in [6.45, 7) is 5.18. The lowest BCUT2D eigenvalue weighted by molar-refractivity contribution is -0.123. The van der Waals surface area contributed by atoms with Gasteiger partial charge in [0, 0.05) is 25.1 Å². The molecule has 0 spiro atoms. The first kappa shape index (κ1) is 17.4. The average molecular weight is 284 g/mol. The molecule has 1 fully saturated rings. The Morgan fingerprint density at radius 1 is 1.25 bits per heavy atom. The quantitative estimate of drug-likeness (QED) is 0.640. The summed E-state index contributed by atoms with van der Waals surface area (Å²) in [5.74, 6) is 0.151. The Morgan fingerprint density at radius 2 is 1.90 bits per heavy atom. The van der Waals surface area contributed by atoms with Crippen molar-refractivity contribution in [1.29, 1.82) is 0 Å². The minimum Gasteiger partial charge on any atom is -0.396 e. The van der Waals surface area contributed by atoms with Crippen molar-refractivity contribution >= 4 is 5.91 Å². The zero-order valence-corrected chi connectivity index (χ0v) is 13.4. The Bertz CT molecular complexity index is 297. The number of carbonyl (C=O) groups excluding carboxylic acids is 1. The summed E-state index contributed by atoms with van der Waals surface area (Å²) in [5, 5.41) is 15.4. The van der Waals surface area contributed by atoms with Crippen molar-refractivity contribution in [2.24, 2.45) is 5.41 Å². The van der Waals surface area contributed by atoms with E-state index in [9.17, 15) is 4.79 Å². The molecule has 118 valence electrons. The fourth-order valence-electron chi connectivity index (χ4n) is 3.10. The van der Waals surface area contributed by atoms with Crippen LogP contribution in [0.5, 0.6) is 0 Å². The lowest BCUT2D eigenvalue weighted by atomic mass is 9.79. The molecule has 0 aliphatic heterocycles. The lowest BCUT2D eigenvalue weighted by Crippen LogP contribution is -2.49. The largest absolute Gasteiger partial charge is 0.396 e. The van der Waals surface area contributed by atoms with Crippen molar-refractivity contribution in [3.63, 3.8) is 0 Å². The Morgan fingerprint density at radius 3 is 2.45 bits per heavy atom. The van der Waals surface area contributed by atoms with Crippen molar-refractivity contribution in [2.45, 2.75) is 70.8 Å². The van der Waals surface area contributed by atoms with Crippen LogP contribution < -0.4 is 10.6 Å². The van der Waals surface area contributed by atoms with Gasteiger partial charge in [-0.25, -0.2) is 0 Å². The van der Waals surface area contributed by atoms with Crippen molar-refractivity contribution in [3.05, 3.63) is 0 Å². The average Bonchev–Trinajstić information content (AvgIpc) is 2.44. The van der Waals surface area contributed by atoms with E-state index in [0.29, 0.717) is 13.0 Å². The minimum absolute atomic E-state index is 0.0115. The van der Waals surface area contributed by atoms with Gasteiger partial charge >= 0.3 is 0 Å². The van der Waals surface area contributed by atoms with Crippen molar-refractivity contribution in [3.8, 4) is 0 Å². The number of aliphatic hydroxyl groups is 1. The summed E-state index contributed by atoms with van der Waals surface area (Å²) in [6, 6.07) is 0. The molecule has 1 aliphatic rings. The zero-order valence-electron chi connectivity index (χ0n) is 13.4. The van der Waals surface area contributed by atoms with Crippen LogP contribution in [0.4, 0.5) is 0 Å². The second-order valence-electron chi connectivity index (χ2n) is 7.04. The van der Waals surface area contributed by atoms with Gasteiger partial charge < -0.3 is 15.7 Å². The summed E-state index contributed by atoms with van der Waals surface area (Å²) in [4.78, 5) is 12.2. The monoisotopic (exact) mass is 284 g/mol. The Hall–Kier alpha value is -0.610. The number of amides is 1. The highest BCUT2D eigenvalue weighted by atomic mass is 16.2. The predicted molar refractivity (Wildman–Crippen MR) is 82.6 cm³/mol. The molecule has 4 heteroatoms. The molecule has 4 nitrogen and oxygen atoms in total. The zero-order chi connectivity index (χ0) is 15.1. The molecular weight excluding hydrogens is 252 g/mol. The van der Waals surface area contributed by atoms with Gasteiger partial charge in [0.05, 0.1) is 0 Å². The molecule has 0 atom stereocenters. The van der Waals surface area contributed by atoms with Crippen LogP contribution in [-0.4, -0.2) is 36.8 Å². The van der Waals surface area contributed by atoms with Crippen LogP contribution in [0, 0.1) is 5.41 Å². The third-order valence-electron chi connectivity index (χ3n) is 4.62. The molecule has 1 amide bonds. The second kappa shape index (κ2) is 7.99. The minimum atomic E-state index is 0.0115. The molecule has 0 saturated heterocycles. The third kappa shape index (κ3) is 5.80. The highest BCUT2D eigenvalue weighted by Gasteiger charge is 2.32. The van der Waals surface area contributed by atoms with Gasteiger partial charge in [-0.15, -0.1) is 0 Å². The number of rotatable bonds is 8. The number of hydrogen-bond donors (Lipinski definition) is 3. The van der Waals surface area contributed by atoms with Crippen molar-refractivity contribution < 1.29 is 9.90 Å². The maximum Gasteiger partial charge on any atom is 0.221 e. The Labute approximate surface area is 123 Å². The topological polar surface area (TPSA) is 61.4 Å². The van der Waals surface area contributed by atoms with Gasteiger partial charge in [-0.05, 0) is 38.1 Å². The van der Waals surface area contributed by atoms with Crippen LogP contribution in [-0.2, 0) is 4.79 Å². The van der Waals surface area contributed by atoms with Gasteiger partial charge in [0.25, 0.3) is 0 Å². The van der Waals surface area contributed by atoms with E-state index in [2.05, 4.69) is 24.5 Å². The molecule has 1 aliphatic carbocycles. The summed E-state index contributed by atoms with van der Waals surface area (Å²) < 4.78 is 0. The normalized spacial score (nSPS) is 18.8. The highest BCUT2D eigenvalue weighted by molar-refractivity contribution is 5.77. The van der Waals surface area contributed by atoms with E-state index in [0.717, 1.165) is 25.7 Å². The van der Waals surface area contributed by atoms with Crippen molar-refractivity contribution in [2.75, 3.05) is 20.2 Å². The van der Waals surface area contributed by atoms with Crippen molar-refractivity contribution in [1.82, 2.24) is 10.6 Å². The molecule has 0 aromatic rings. The number of aliphatic hydroxyl groups excluding tert-OH is 1. The van der Waals surface area contributed by atoms with E-state index < -0.39 is 0 Å². The molecule has 0 unspecified atom stereocenters. The molecule has 0 aromatic carbocycles. The number of nitrogens with one attached hydrogen (secondary N) is 2. The molecular formula is C16H32N2O2. The van der Waals surface area contributed by atoms with Crippen LogP contribution in [0.15, 0.2) is 0 Å². The highest BCUT2D eigenvalue weighted by Crippen LogP contribution is 2.30. The van der Waals surface area contributed by atoms with Gasteiger partial charge in [-0.1, -0.05) is 33.1 Å². The fourth-order valence-corrected chi connectivity index (χ4v) is 3.10. The standard InChI is InChI=1S/C16H32N2O2/c1-15(2,8-7-11-19)13-18-14(20)12-16(17-3)9-5-4-6-10-16/h17,19H,4-13H2,1-3H3,(H,18,20). The molecule has 3 N–H and O–H groups in total. The maximum atomic E-state index is 12.2. The lowest BCUT2D eigenvalue weighted by Gasteiger charge is -2.37. The second-order valence-corrected chi connectivity index (χ2v) is 7.04. The van der Waals surface area contributed by atoms with E-state index in [1.807, 2.05) is 7.05 Å². The van der Waals surface area contributed by atoms with E-state index in [1.165, 1.54) is 19.3 Å². The molecule has 0 aromatic heterocycles. The molecule has 1 saturated carbocycles. The summed E-state index contributed by atoms with van der Waals surface area (Å²) in [5.41, 5.74) is 0.0648. The molecule has 0 heterocycles. The van der Waals surface area contributed by atoms with Crippen LogP contribution in [0.3, 0.4) is 0 Å². The van der Waals surface area contributed by atoms with Gasteiger partial charge in [0.2, 0.25) is 5.91 Å². The number of carbonyl (C=O) groups is 1. The van der Waals surface area contributed by atoms with E-state index in [1.54, 1.807) is 0 Å². The summed E-state index contributed by atoms with van der Waals surface area (Å²) in [6.07, 6.45) is 8.24. The first-order valence-corrected chi connectivity index (χ1v) is 8.00. The van der Waals surface area contributed by atoms with Gasteiger partial charge in [-0.2, -0.15) is 0 Å². The van der Waals surface area contributed by atoms with Crippen LogP contribution >= 0.6 is 0 Å². The predicted octanol–water partition coefficient (Wildman–Crippen LogP) is 2.21. The first-order chi connectivity index (χ1) is 9.43. The van der Waals surface area contributed by atoms with Crippen LogP contribution in [0.25, 0.3) is 0 Å². The fraction of sp³-hybridized carbons (Fsp3) is 0.938. The van der Waals surface area contributed by atoms with E-state index in [4.69, 9.17) is 5.11 Å². The smallest absolute Gasteiger partial charge is 0.221 e. The summed E-state index contributed by atoms with van der Waals surface area (Å²) in [7, 11) is 1.98. The van der Waals surface area contributed by atoms with Gasteiger partial charge in [-0.3, -0.25) is 4.79 Å². The van der Waals surface area contributed by atoms with E-state index >= 15 is 0 Å². The Balaban J connectivity index is 2.38. The molecule has 0 bridgehead atoms. The van der Waals surface area contributed by atoms with Crippen LogP contribution in [0.1, 0.15) is 65.2 Å². The SMILES string of the molecule is CNC1(CC(=O)NCC(C)(C)CCCO)CCCCC1. The third-order valence-corrected chi connectivity index (χ3v) is 4.62.